The standard InChI is InChI=1S/C8H11N3O2/c12-8-10-3-7(5-13-8)4-11-2-1-9-6-11/h1-2,6-7H,3-5H2,(H,10,12). The van der Waals surface area contributed by atoms with Gasteiger partial charge in [-0.2, -0.15) is 0 Å². The predicted molar refractivity (Wildman–Crippen MR) is 45.1 cm³/mol. The van der Waals surface area contributed by atoms with Crippen molar-refractivity contribution < 1.29 is 9.53 Å². The van der Waals surface area contributed by atoms with E-state index in [4.69, 9.17) is 4.74 Å². The van der Waals surface area contributed by atoms with Crippen molar-refractivity contribution in [2.75, 3.05) is 13.2 Å². The van der Waals surface area contributed by atoms with Crippen molar-refractivity contribution in [2.45, 2.75) is 6.54 Å². The molecule has 13 heavy (non-hydrogen) atoms. The zero-order valence-corrected chi connectivity index (χ0v) is 7.14. The first-order valence-corrected chi connectivity index (χ1v) is 4.21. The molecule has 1 N–H and O–H groups in total. The van der Waals surface area contributed by atoms with Gasteiger partial charge in [0.1, 0.15) is 0 Å². The maximum atomic E-state index is 10.7. The Morgan fingerprint density at radius 2 is 2.69 bits per heavy atom. The maximum absolute atomic E-state index is 10.7. The lowest BCUT2D eigenvalue weighted by Crippen LogP contribution is -2.40. The number of alkyl carbamates (subject to hydrolysis) is 1. The molecule has 0 bridgehead atoms. The van der Waals surface area contributed by atoms with Gasteiger partial charge in [-0.1, -0.05) is 0 Å². The number of hydrogen-bond acceptors (Lipinski definition) is 3. The van der Waals surface area contributed by atoms with Crippen LogP contribution in [0.2, 0.25) is 0 Å². The molecule has 1 aromatic rings. The smallest absolute Gasteiger partial charge is 0.407 e. The lowest BCUT2D eigenvalue weighted by atomic mass is 10.1. The summed E-state index contributed by atoms with van der Waals surface area (Å²) in [5.74, 6) is 0.340. The Kier molecular flexibility index (Phi) is 2.16. The first-order chi connectivity index (χ1) is 6.34. The van der Waals surface area contributed by atoms with Crippen molar-refractivity contribution in [2.24, 2.45) is 5.92 Å². The zero-order chi connectivity index (χ0) is 9.10. The van der Waals surface area contributed by atoms with E-state index in [-0.39, 0.29) is 6.09 Å². The van der Waals surface area contributed by atoms with Crippen molar-refractivity contribution >= 4 is 6.09 Å². The van der Waals surface area contributed by atoms with Crippen LogP contribution in [0.3, 0.4) is 0 Å². The molecule has 5 heteroatoms. The molecule has 1 amide bonds. The Labute approximate surface area is 75.7 Å². The number of nitrogens with zero attached hydrogens (tertiary/aromatic N) is 2. The Bertz CT molecular complexity index is 274. The van der Waals surface area contributed by atoms with Gasteiger partial charge in [0.15, 0.2) is 0 Å². The number of amides is 1. The molecule has 1 atom stereocenters. The van der Waals surface area contributed by atoms with E-state index in [1.54, 1.807) is 12.5 Å². The third-order valence-electron chi connectivity index (χ3n) is 2.01. The maximum Gasteiger partial charge on any atom is 0.407 e. The Hall–Kier alpha value is -1.52. The number of carbonyl (C=O) groups excluding carboxylic acids is 1. The molecule has 1 aromatic heterocycles. The quantitative estimate of drug-likeness (QED) is 0.711. The highest BCUT2D eigenvalue weighted by Crippen LogP contribution is 2.05. The molecule has 1 aliphatic heterocycles. The van der Waals surface area contributed by atoms with Crippen LogP contribution >= 0.6 is 0 Å². The van der Waals surface area contributed by atoms with Gasteiger partial charge in [-0.15, -0.1) is 0 Å². The van der Waals surface area contributed by atoms with Crippen LogP contribution in [0, 0.1) is 5.92 Å². The summed E-state index contributed by atoms with van der Waals surface area (Å²) in [5, 5.41) is 2.65. The molecule has 2 heterocycles. The van der Waals surface area contributed by atoms with Gasteiger partial charge in [-0.05, 0) is 0 Å². The highest BCUT2D eigenvalue weighted by atomic mass is 16.6. The molecule has 0 spiro atoms. The first kappa shape index (κ1) is 8.10. The van der Waals surface area contributed by atoms with E-state index in [1.807, 2.05) is 10.8 Å². The van der Waals surface area contributed by atoms with Gasteiger partial charge in [-0.3, -0.25) is 0 Å². The number of aromatic nitrogens is 2. The number of rotatable bonds is 2. The normalized spacial score (nSPS) is 22.2. The molecular formula is C8H11N3O2. The molecule has 0 aromatic carbocycles. The SMILES string of the molecule is O=C1NCC(Cn2ccnc2)CO1. The van der Waals surface area contributed by atoms with Gasteiger partial charge in [0, 0.05) is 31.4 Å². The van der Waals surface area contributed by atoms with Crippen LogP contribution in [0.25, 0.3) is 0 Å². The van der Waals surface area contributed by atoms with E-state index >= 15 is 0 Å². The molecule has 0 saturated carbocycles. The van der Waals surface area contributed by atoms with Crippen molar-refractivity contribution in [1.29, 1.82) is 0 Å². The predicted octanol–water partition coefficient (Wildman–Crippen LogP) is 0.239. The average Bonchev–Trinajstić information content (AvgIpc) is 2.62. The van der Waals surface area contributed by atoms with Gasteiger partial charge in [0.05, 0.1) is 12.9 Å². The van der Waals surface area contributed by atoms with E-state index in [9.17, 15) is 4.79 Å². The molecule has 1 aliphatic rings. The number of hydrogen-bond donors (Lipinski definition) is 1. The van der Waals surface area contributed by atoms with Crippen LogP contribution in [-0.4, -0.2) is 28.8 Å². The summed E-state index contributed by atoms with van der Waals surface area (Å²) in [6.45, 7) is 2.00. The average molecular weight is 181 g/mol. The minimum atomic E-state index is -0.318. The zero-order valence-electron chi connectivity index (χ0n) is 7.14. The summed E-state index contributed by atoms with van der Waals surface area (Å²) in [4.78, 5) is 14.6. The molecule has 0 radical (unpaired) electrons. The van der Waals surface area contributed by atoms with Gasteiger partial charge in [0.25, 0.3) is 0 Å². The van der Waals surface area contributed by atoms with Crippen molar-refractivity contribution in [1.82, 2.24) is 14.9 Å². The van der Waals surface area contributed by atoms with E-state index in [2.05, 4.69) is 10.3 Å². The van der Waals surface area contributed by atoms with E-state index in [0.29, 0.717) is 19.1 Å². The second-order valence-corrected chi connectivity index (χ2v) is 3.10. The van der Waals surface area contributed by atoms with Crippen LogP contribution < -0.4 is 5.32 Å². The molecule has 5 nitrogen and oxygen atoms in total. The lowest BCUT2D eigenvalue weighted by Gasteiger charge is -2.22. The van der Waals surface area contributed by atoms with Gasteiger partial charge in [-0.25, -0.2) is 9.78 Å². The molecule has 1 fully saturated rings. The van der Waals surface area contributed by atoms with E-state index in [1.165, 1.54) is 0 Å². The van der Waals surface area contributed by atoms with Crippen LogP contribution in [0.1, 0.15) is 0 Å². The summed E-state index contributed by atoms with van der Waals surface area (Å²) in [7, 11) is 0. The third-order valence-corrected chi connectivity index (χ3v) is 2.01. The highest BCUT2D eigenvalue weighted by Gasteiger charge is 2.18. The second kappa shape index (κ2) is 3.47. The number of nitrogens with one attached hydrogen (secondary N) is 1. The Balaban J connectivity index is 1.86. The summed E-state index contributed by atoms with van der Waals surface area (Å²) in [6.07, 6.45) is 5.08. The summed E-state index contributed by atoms with van der Waals surface area (Å²) >= 11 is 0. The molecule has 0 aliphatic carbocycles. The molecular weight excluding hydrogens is 170 g/mol. The molecule has 1 unspecified atom stereocenters. The Morgan fingerprint density at radius 3 is 3.31 bits per heavy atom. The largest absolute Gasteiger partial charge is 0.449 e. The van der Waals surface area contributed by atoms with Crippen LogP contribution in [0.15, 0.2) is 18.7 Å². The van der Waals surface area contributed by atoms with Gasteiger partial charge < -0.3 is 14.6 Å². The highest BCUT2D eigenvalue weighted by molar-refractivity contribution is 5.67. The summed E-state index contributed by atoms with van der Waals surface area (Å²) < 4.78 is 6.83. The van der Waals surface area contributed by atoms with Crippen molar-refractivity contribution in [3.8, 4) is 0 Å². The van der Waals surface area contributed by atoms with Crippen LogP contribution in [0.4, 0.5) is 4.79 Å². The third kappa shape index (κ3) is 1.99. The van der Waals surface area contributed by atoms with Gasteiger partial charge in [0.2, 0.25) is 0 Å². The summed E-state index contributed by atoms with van der Waals surface area (Å²) in [6, 6.07) is 0. The molecule has 1 saturated heterocycles. The summed E-state index contributed by atoms with van der Waals surface area (Å²) in [5.41, 5.74) is 0. The minimum Gasteiger partial charge on any atom is -0.449 e. The fraction of sp³-hybridized carbons (Fsp3) is 0.500. The van der Waals surface area contributed by atoms with Crippen molar-refractivity contribution in [3.05, 3.63) is 18.7 Å². The number of cyclic esters (lactones) is 1. The molecule has 2 rings (SSSR count). The fourth-order valence-electron chi connectivity index (χ4n) is 1.34. The Morgan fingerprint density at radius 1 is 1.77 bits per heavy atom. The monoisotopic (exact) mass is 181 g/mol. The number of ether oxygens (including phenoxy) is 1. The number of imidazole rings is 1. The van der Waals surface area contributed by atoms with Crippen LogP contribution in [-0.2, 0) is 11.3 Å². The topological polar surface area (TPSA) is 56.2 Å². The van der Waals surface area contributed by atoms with Crippen molar-refractivity contribution in [3.63, 3.8) is 0 Å². The van der Waals surface area contributed by atoms with E-state index < -0.39 is 0 Å². The van der Waals surface area contributed by atoms with E-state index in [0.717, 1.165) is 6.54 Å². The molecule has 70 valence electrons. The van der Waals surface area contributed by atoms with Gasteiger partial charge >= 0.3 is 6.09 Å². The fourth-order valence-corrected chi connectivity index (χ4v) is 1.34. The minimum absolute atomic E-state index is 0.318. The van der Waals surface area contributed by atoms with Crippen LogP contribution in [0.5, 0.6) is 0 Å². The first-order valence-electron chi connectivity index (χ1n) is 4.21. The number of carbonyl (C=O) groups is 1. The lowest BCUT2D eigenvalue weighted by molar-refractivity contribution is 0.0973. The second-order valence-electron chi connectivity index (χ2n) is 3.10.